The van der Waals surface area contributed by atoms with Crippen LogP contribution in [0.4, 0.5) is 0 Å². The van der Waals surface area contributed by atoms with Crippen LogP contribution in [0.2, 0.25) is 0 Å². The highest BCUT2D eigenvalue weighted by molar-refractivity contribution is 5.99. The van der Waals surface area contributed by atoms with Crippen molar-refractivity contribution in [1.82, 2.24) is 0 Å². The summed E-state index contributed by atoms with van der Waals surface area (Å²) in [5.41, 5.74) is -0.494. The molecule has 0 bridgehead atoms. The second kappa shape index (κ2) is 5.80. The van der Waals surface area contributed by atoms with Gasteiger partial charge in [-0.15, -0.1) is 0 Å². The number of aliphatic hydroxyl groups is 1. The Labute approximate surface area is 157 Å². The van der Waals surface area contributed by atoms with Crippen molar-refractivity contribution in [1.29, 1.82) is 0 Å². The van der Waals surface area contributed by atoms with Crippen molar-refractivity contribution in [3.05, 3.63) is 0 Å². The SMILES string of the molecule is COC(=O)C1C[C@]2(C)[C@H](CC[C@H]3[C@H]2CC[C@]2(C)[C@@H]3CC[C@@]2(C)O)CC1=O. The van der Waals surface area contributed by atoms with Gasteiger partial charge in [0.05, 0.1) is 12.7 Å². The van der Waals surface area contributed by atoms with Gasteiger partial charge in [-0.25, -0.2) is 0 Å². The quantitative estimate of drug-likeness (QED) is 0.570. The molecule has 0 aromatic heterocycles. The van der Waals surface area contributed by atoms with Crippen LogP contribution in [0.1, 0.15) is 72.1 Å². The Morgan fingerprint density at radius 3 is 2.46 bits per heavy atom. The molecule has 1 N–H and O–H groups in total. The van der Waals surface area contributed by atoms with Crippen LogP contribution in [0.25, 0.3) is 0 Å². The van der Waals surface area contributed by atoms with Gasteiger partial charge in [-0.05, 0) is 86.4 Å². The number of rotatable bonds is 1. The van der Waals surface area contributed by atoms with E-state index in [9.17, 15) is 14.7 Å². The van der Waals surface area contributed by atoms with Gasteiger partial charge in [-0.2, -0.15) is 0 Å². The summed E-state index contributed by atoms with van der Waals surface area (Å²) in [5.74, 6) is 1.33. The summed E-state index contributed by atoms with van der Waals surface area (Å²) in [6, 6.07) is 0. The Morgan fingerprint density at radius 2 is 1.77 bits per heavy atom. The minimum absolute atomic E-state index is 0.0175. The van der Waals surface area contributed by atoms with Crippen molar-refractivity contribution in [2.24, 2.45) is 40.4 Å². The van der Waals surface area contributed by atoms with E-state index >= 15 is 0 Å². The van der Waals surface area contributed by atoms with Crippen molar-refractivity contribution in [3.63, 3.8) is 0 Å². The van der Waals surface area contributed by atoms with Crippen molar-refractivity contribution >= 4 is 11.8 Å². The maximum absolute atomic E-state index is 12.5. The number of hydrogen-bond acceptors (Lipinski definition) is 4. The first-order valence-corrected chi connectivity index (χ1v) is 10.5. The molecule has 0 amide bonds. The number of ether oxygens (including phenoxy) is 1. The number of esters is 1. The highest BCUT2D eigenvalue weighted by Crippen LogP contribution is 2.68. The van der Waals surface area contributed by atoms with Gasteiger partial charge in [-0.3, -0.25) is 9.59 Å². The molecule has 146 valence electrons. The highest BCUT2D eigenvalue weighted by atomic mass is 16.5. The Kier molecular flexibility index (Phi) is 4.12. The van der Waals surface area contributed by atoms with E-state index in [0.717, 1.165) is 32.1 Å². The highest BCUT2D eigenvalue weighted by Gasteiger charge is 2.64. The van der Waals surface area contributed by atoms with Crippen LogP contribution in [-0.4, -0.2) is 29.6 Å². The fraction of sp³-hybridized carbons (Fsp3) is 0.909. The fourth-order valence-corrected chi connectivity index (χ4v) is 7.73. The molecule has 0 aliphatic heterocycles. The lowest BCUT2D eigenvalue weighted by atomic mass is 9.43. The number of carbonyl (C=O) groups is 2. The van der Waals surface area contributed by atoms with E-state index in [0.29, 0.717) is 36.5 Å². The second-order valence-electron chi connectivity index (χ2n) is 10.4. The smallest absolute Gasteiger partial charge is 0.316 e. The minimum atomic E-state index is -0.569. The van der Waals surface area contributed by atoms with Crippen LogP contribution >= 0.6 is 0 Å². The summed E-state index contributed by atoms with van der Waals surface area (Å²) in [5, 5.41) is 11.0. The van der Waals surface area contributed by atoms with Gasteiger partial charge in [0.15, 0.2) is 0 Å². The third kappa shape index (κ3) is 2.30. The average molecular weight is 363 g/mol. The van der Waals surface area contributed by atoms with E-state index in [2.05, 4.69) is 13.8 Å². The van der Waals surface area contributed by atoms with Gasteiger partial charge in [0.25, 0.3) is 0 Å². The zero-order valence-corrected chi connectivity index (χ0v) is 16.7. The summed E-state index contributed by atoms with van der Waals surface area (Å²) in [6.07, 6.45) is 7.66. The fourth-order valence-electron chi connectivity index (χ4n) is 7.73. The molecule has 0 spiro atoms. The Bertz CT molecular complexity index is 626. The van der Waals surface area contributed by atoms with E-state index < -0.39 is 11.5 Å². The summed E-state index contributed by atoms with van der Waals surface area (Å²) < 4.78 is 4.94. The summed E-state index contributed by atoms with van der Waals surface area (Å²) in [6.45, 7) is 6.68. The largest absolute Gasteiger partial charge is 0.468 e. The van der Waals surface area contributed by atoms with Crippen LogP contribution in [0.15, 0.2) is 0 Å². The van der Waals surface area contributed by atoms with Crippen LogP contribution in [-0.2, 0) is 14.3 Å². The molecular weight excluding hydrogens is 328 g/mol. The first-order valence-electron chi connectivity index (χ1n) is 10.5. The summed E-state index contributed by atoms with van der Waals surface area (Å²) in [4.78, 5) is 24.7. The van der Waals surface area contributed by atoms with E-state index in [1.165, 1.54) is 13.5 Å². The summed E-state index contributed by atoms with van der Waals surface area (Å²) in [7, 11) is 1.39. The number of fused-ring (bicyclic) bond motifs is 5. The Hall–Kier alpha value is -0.900. The monoisotopic (exact) mass is 362 g/mol. The van der Waals surface area contributed by atoms with Crippen LogP contribution in [0.3, 0.4) is 0 Å². The van der Waals surface area contributed by atoms with Crippen molar-refractivity contribution in [2.75, 3.05) is 7.11 Å². The van der Waals surface area contributed by atoms with Gasteiger partial charge in [0.2, 0.25) is 0 Å². The van der Waals surface area contributed by atoms with Gasteiger partial charge in [0.1, 0.15) is 11.7 Å². The number of Topliss-reactive ketones (excluding diaryl/α,β-unsaturated/α-hetero) is 1. The van der Waals surface area contributed by atoms with Gasteiger partial charge in [0, 0.05) is 6.42 Å². The molecule has 4 aliphatic carbocycles. The van der Waals surface area contributed by atoms with Crippen LogP contribution in [0.5, 0.6) is 0 Å². The number of ketones is 1. The third-order valence-corrected chi connectivity index (χ3v) is 9.59. The molecule has 4 nitrogen and oxygen atoms in total. The van der Waals surface area contributed by atoms with E-state index in [-0.39, 0.29) is 22.6 Å². The lowest BCUT2D eigenvalue weighted by molar-refractivity contribution is -0.169. The molecule has 0 aromatic carbocycles. The second-order valence-corrected chi connectivity index (χ2v) is 10.4. The molecule has 4 fully saturated rings. The average Bonchev–Trinajstić information content (AvgIpc) is 2.84. The molecule has 4 saturated carbocycles. The van der Waals surface area contributed by atoms with Crippen molar-refractivity contribution in [3.8, 4) is 0 Å². The van der Waals surface area contributed by atoms with E-state index in [4.69, 9.17) is 4.74 Å². The van der Waals surface area contributed by atoms with Crippen LogP contribution in [0, 0.1) is 40.4 Å². The first kappa shape index (κ1) is 18.5. The predicted octanol–water partition coefficient (Wildman–Crippen LogP) is 3.75. The van der Waals surface area contributed by atoms with Gasteiger partial charge in [-0.1, -0.05) is 13.8 Å². The topological polar surface area (TPSA) is 63.6 Å². The third-order valence-electron chi connectivity index (χ3n) is 9.59. The molecule has 0 heterocycles. The predicted molar refractivity (Wildman–Crippen MR) is 98.2 cm³/mol. The normalized spacial score (nSPS) is 53.4. The molecule has 4 heteroatoms. The molecular formula is C22H34O4. The minimum Gasteiger partial charge on any atom is -0.468 e. The molecule has 0 saturated heterocycles. The van der Waals surface area contributed by atoms with Gasteiger partial charge < -0.3 is 9.84 Å². The lowest BCUT2D eigenvalue weighted by Crippen LogP contribution is -2.57. The molecule has 4 rings (SSSR count). The molecule has 0 aromatic rings. The Balaban J connectivity index is 1.64. The first-order chi connectivity index (χ1) is 12.1. The zero-order chi connectivity index (χ0) is 18.9. The number of methoxy groups -OCH3 is 1. The van der Waals surface area contributed by atoms with Gasteiger partial charge >= 0.3 is 5.97 Å². The molecule has 8 atom stereocenters. The molecule has 26 heavy (non-hydrogen) atoms. The van der Waals surface area contributed by atoms with Crippen LogP contribution < -0.4 is 0 Å². The molecule has 1 unspecified atom stereocenters. The zero-order valence-electron chi connectivity index (χ0n) is 16.7. The lowest BCUT2D eigenvalue weighted by Gasteiger charge is -2.61. The van der Waals surface area contributed by atoms with E-state index in [1.54, 1.807) is 0 Å². The molecule has 4 aliphatic rings. The molecule has 0 radical (unpaired) electrons. The summed E-state index contributed by atoms with van der Waals surface area (Å²) >= 11 is 0. The number of carbonyl (C=O) groups excluding carboxylic acids is 2. The van der Waals surface area contributed by atoms with E-state index in [1.807, 2.05) is 6.92 Å². The maximum Gasteiger partial charge on any atom is 0.316 e. The Morgan fingerprint density at radius 1 is 1.08 bits per heavy atom. The number of hydrogen-bond donors (Lipinski definition) is 1. The standard InChI is InChI=1S/C22H34O4/c1-20-12-15(19(24)26-4)18(23)11-13(20)5-6-14-16(20)7-9-21(2)17(14)8-10-22(21,3)25/h13-17,25H,5-12H2,1-4H3/t13-,14+,15?,16-,17-,20-,21-,22-/m1/s1. The van der Waals surface area contributed by atoms with Crippen molar-refractivity contribution in [2.45, 2.75) is 77.7 Å². The maximum atomic E-state index is 12.5. The van der Waals surface area contributed by atoms with Crippen molar-refractivity contribution < 1.29 is 19.4 Å².